The molecule has 0 saturated heterocycles. The van der Waals surface area contributed by atoms with E-state index in [9.17, 15) is 9.59 Å². The van der Waals surface area contributed by atoms with Crippen molar-refractivity contribution in [3.05, 3.63) is 29.8 Å². The van der Waals surface area contributed by atoms with Crippen LogP contribution in [0.15, 0.2) is 24.3 Å². The van der Waals surface area contributed by atoms with E-state index in [4.69, 9.17) is 4.74 Å². The Morgan fingerprint density at radius 3 is 2.39 bits per heavy atom. The third-order valence-corrected chi connectivity index (χ3v) is 3.32. The number of esters is 1. The Kier molecular flexibility index (Phi) is 3.80. The minimum Gasteiger partial charge on any atom is -0.426 e. The van der Waals surface area contributed by atoms with Crippen LogP contribution in [0.3, 0.4) is 0 Å². The number of benzene rings is 1. The van der Waals surface area contributed by atoms with E-state index in [-0.39, 0.29) is 23.6 Å². The molecular weight excluding hydrogens is 228 g/mol. The fourth-order valence-corrected chi connectivity index (χ4v) is 1.65. The molecule has 0 bridgehead atoms. The predicted molar refractivity (Wildman–Crippen MR) is 68.6 cm³/mol. The second kappa shape index (κ2) is 5.34. The third-order valence-electron chi connectivity index (χ3n) is 3.32. The van der Waals surface area contributed by atoms with Crippen LogP contribution < -0.4 is 4.74 Å². The van der Waals surface area contributed by atoms with Crippen LogP contribution >= 0.6 is 0 Å². The first kappa shape index (κ1) is 12.8. The molecule has 1 atom stereocenters. The van der Waals surface area contributed by atoms with Crippen LogP contribution in [0.25, 0.3) is 0 Å². The summed E-state index contributed by atoms with van der Waals surface area (Å²) in [4.78, 5) is 23.4. The molecule has 0 N–H and O–H groups in total. The fourth-order valence-electron chi connectivity index (χ4n) is 1.65. The van der Waals surface area contributed by atoms with Gasteiger partial charge in [-0.2, -0.15) is 0 Å². The summed E-state index contributed by atoms with van der Waals surface area (Å²) >= 11 is 0. The molecule has 1 fully saturated rings. The summed E-state index contributed by atoms with van der Waals surface area (Å²) in [6.45, 7) is 3.79. The Hall–Kier alpha value is -1.64. The topological polar surface area (TPSA) is 43.4 Å². The van der Waals surface area contributed by atoms with E-state index >= 15 is 0 Å². The lowest BCUT2D eigenvalue weighted by molar-refractivity contribution is -0.138. The van der Waals surface area contributed by atoms with Gasteiger partial charge in [-0.3, -0.25) is 9.59 Å². The highest BCUT2D eigenvalue weighted by Gasteiger charge is 2.30. The first-order chi connectivity index (χ1) is 8.61. The molecule has 0 spiro atoms. The van der Waals surface area contributed by atoms with Crippen molar-refractivity contribution in [2.75, 3.05) is 0 Å². The van der Waals surface area contributed by atoms with Crippen molar-refractivity contribution in [3.8, 4) is 5.75 Å². The Balaban J connectivity index is 1.99. The molecule has 2 rings (SSSR count). The molecule has 3 heteroatoms. The molecule has 0 aliphatic heterocycles. The molecule has 96 valence electrons. The number of Topliss-reactive ketones (excluding diaryl/α,β-unsaturated/α-hetero) is 1. The highest BCUT2D eigenvalue weighted by atomic mass is 16.5. The van der Waals surface area contributed by atoms with Gasteiger partial charge in [-0.15, -0.1) is 0 Å². The normalized spacial score (nSPS) is 16.1. The number of carbonyl (C=O) groups excluding carboxylic acids is 2. The van der Waals surface area contributed by atoms with Crippen molar-refractivity contribution in [1.82, 2.24) is 0 Å². The predicted octanol–water partition coefficient (Wildman–Crippen LogP) is 3.23. The van der Waals surface area contributed by atoms with E-state index in [0.29, 0.717) is 11.3 Å². The minimum atomic E-state index is -0.223. The second-order valence-electron chi connectivity index (χ2n) is 4.89. The van der Waals surface area contributed by atoms with Gasteiger partial charge in [0, 0.05) is 11.5 Å². The van der Waals surface area contributed by atoms with Crippen molar-refractivity contribution >= 4 is 11.8 Å². The van der Waals surface area contributed by atoms with Crippen LogP contribution in [0.5, 0.6) is 5.75 Å². The zero-order valence-corrected chi connectivity index (χ0v) is 10.8. The Bertz CT molecular complexity index is 443. The van der Waals surface area contributed by atoms with Gasteiger partial charge in [-0.1, -0.05) is 13.8 Å². The maximum atomic E-state index is 11.8. The summed E-state index contributed by atoms with van der Waals surface area (Å²) in [6.07, 6.45) is 2.77. The molecule has 0 radical (unpaired) electrons. The van der Waals surface area contributed by atoms with Gasteiger partial charge in [0.1, 0.15) is 5.75 Å². The van der Waals surface area contributed by atoms with Gasteiger partial charge in [-0.05, 0) is 43.5 Å². The zero-order chi connectivity index (χ0) is 13.1. The zero-order valence-electron chi connectivity index (χ0n) is 10.8. The average molecular weight is 246 g/mol. The molecule has 18 heavy (non-hydrogen) atoms. The molecule has 3 nitrogen and oxygen atoms in total. The van der Waals surface area contributed by atoms with Gasteiger partial charge < -0.3 is 4.74 Å². The number of ether oxygens (including phenoxy) is 1. The van der Waals surface area contributed by atoms with Gasteiger partial charge in [0.15, 0.2) is 5.78 Å². The quantitative estimate of drug-likeness (QED) is 0.455. The van der Waals surface area contributed by atoms with E-state index in [1.807, 2.05) is 13.8 Å². The molecule has 1 aliphatic rings. The Labute approximate surface area is 107 Å². The highest BCUT2D eigenvalue weighted by Crippen LogP contribution is 2.32. The molecule has 1 aromatic rings. The highest BCUT2D eigenvalue weighted by molar-refractivity contribution is 5.99. The molecule has 1 unspecified atom stereocenters. The number of ketones is 1. The van der Waals surface area contributed by atoms with Crippen molar-refractivity contribution in [2.24, 2.45) is 11.8 Å². The molecule has 1 saturated carbocycles. The standard InChI is InChI=1S/C15H18O3/c1-3-10(2)15(17)18-13-8-6-12(7-9-13)14(16)11-4-5-11/h6-11H,3-5H2,1-2H3. The summed E-state index contributed by atoms with van der Waals surface area (Å²) < 4.78 is 5.23. The van der Waals surface area contributed by atoms with Crippen LogP contribution in [0, 0.1) is 11.8 Å². The molecule has 1 aliphatic carbocycles. The van der Waals surface area contributed by atoms with Crippen LogP contribution in [-0.2, 0) is 4.79 Å². The van der Waals surface area contributed by atoms with Gasteiger partial charge >= 0.3 is 5.97 Å². The molecule has 1 aromatic carbocycles. The first-order valence-corrected chi connectivity index (χ1v) is 6.47. The lowest BCUT2D eigenvalue weighted by Gasteiger charge is -2.09. The largest absolute Gasteiger partial charge is 0.426 e. The summed E-state index contributed by atoms with van der Waals surface area (Å²) in [6, 6.07) is 6.85. The van der Waals surface area contributed by atoms with Crippen molar-refractivity contribution in [3.63, 3.8) is 0 Å². The van der Waals surface area contributed by atoms with Crippen LogP contribution in [-0.4, -0.2) is 11.8 Å². The van der Waals surface area contributed by atoms with E-state index in [1.165, 1.54) is 0 Å². The van der Waals surface area contributed by atoms with E-state index in [0.717, 1.165) is 19.3 Å². The lowest BCUT2D eigenvalue weighted by atomic mass is 10.1. The monoisotopic (exact) mass is 246 g/mol. The minimum absolute atomic E-state index is 0.0993. The maximum Gasteiger partial charge on any atom is 0.314 e. The summed E-state index contributed by atoms with van der Waals surface area (Å²) in [5.41, 5.74) is 0.709. The van der Waals surface area contributed by atoms with Crippen molar-refractivity contribution in [1.29, 1.82) is 0 Å². The van der Waals surface area contributed by atoms with Crippen LogP contribution in [0.1, 0.15) is 43.5 Å². The smallest absolute Gasteiger partial charge is 0.314 e. The fraction of sp³-hybridized carbons (Fsp3) is 0.467. The number of hydrogen-bond donors (Lipinski definition) is 0. The Morgan fingerprint density at radius 2 is 1.89 bits per heavy atom. The second-order valence-corrected chi connectivity index (χ2v) is 4.89. The van der Waals surface area contributed by atoms with Crippen molar-refractivity contribution in [2.45, 2.75) is 33.1 Å². The number of hydrogen-bond acceptors (Lipinski definition) is 3. The molecule has 0 heterocycles. The summed E-state index contributed by atoms with van der Waals surface area (Å²) in [5, 5.41) is 0. The van der Waals surface area contributed by atoms with Crippen molar-refractivity contribution < 1.29 is 14.3 Å². The average Bonchev–Trinajstić information content (AvgIpc) is 3.22. The third kappa shape index (κ3) is 2.97. The first-order valence-electron chi connectivity index (χ1n) is 6.47. The molecular formula is C15H18O3. The summed E-state index contributed by atoms with van der Waals surface area (Å²) in [5.74, 6) is 0.609. The Morgan fingerprint density at radius 1 is 1.28 bits per heavy atom. The van der Waals surface area contributed by atoms with E-state index in [1.54, 1.807) is 24.3 Å². The van der Waals surface area contributed by atoms with Gasteiger partial charge in [-0.25, -0.2) is 0 Å². The van der Waals surface area contributed by atoms with Gasteiger partial charge in [0.05, 0.1) is 5.92 Å². The van der Waals surface area contributed by atoms with Crippen LogP contribution in [0.4, 0.5) is 0 Å². The number of carbonyl (C=O) groups is 2. The summed E-state index contributed by atoms with van der Waals surface area (Å²) in [7, 11) is 0. The van der Waals surface area contributed by atoms with E-state index < -0.39 is 0 Å². The molecule has 0 amide bonds. The van der Waals surface area contributed by atoms with Gasteiger partial charge in [0.2, 0.25) is 0 Å². The lowest BCUT2D eigenvalue weighted by Crippen LogP contribution is -2.16. The number of rotatable bonds is 5. The van der Waals surface area contributed by atoms with Gasteiger partial charge in [0.25, 0.3) is 0 Å². The van der Waals surface area contributed by atoms with Crippen LogP contribution in [0.2, 0.25) is 0 Å². The maximum absolute atomic E-state index is 11.8. The van der Waals surface area contributed by atoms with E-state index in [2.05, 4.69) is 0 Å². The molecule has 0 aromatic heterocycles. The SMILES string of the molecule is CCC(C)C(=O)Oc1ccc(C(=O)C2CC2)cc1.